The van der Waals surface area contributed by atoms with Crippen molar-refractivity contribution < 1.29 is 8.42 Å². The molecule has 100 valence electrons. The molecule has 0 unspecified atom stereocenters. The summed E-state index contributed by atoms with van der Waals surface area (Å²) in [7, 11) is -3.57. The molecule has 0 bridgehead atoms. The van der Waals surface area contributed by atoms with Crippen molar-refractivity contribution in [2.24, 2.45) is 0 Å². The quantitative estimate of drug-likeness (QED) is 0.851. The summed E-state index contributed by atoms with van der Waals surface area (Å²) in [4.78, 5) is 0.148. The summed E-state index contributed by atoms with van der Waals surface area (Å²) in [5, 5.41) is 0.570. The maximum absolute atomic E-state index is 12.0. The van der Waals surface area contributed by atoms with Gasteiger partial charge >= 0.3 is 0 Å². The van der Waals surface area contributed by atoms with Gasteiger partial charge in [0.05, 0.1) is 4.90 Å². The molecular weight excluding hydrogens is 284 g/mol. The van der Waals surface area contributed by atoms with Crippen LogP contribution in [0.3, 0.4) is 0 Å². The normalized spacial score (nSPS) is 11.4. The van der Waals surface area contributed by atoms with E-state index in [9.17, 15) is 8.42 Å². The number of nitrogens with one attached hydrogen (secondary N) is 1. The smallest absolute Gasteiger partial charge is 0.240 e. The predicted molar refractivity (Wildman–Crippen MR) is 76.3 cm³/mol. The van der Waals surface area contributed by atoms with E-state index in [4.69, 9.17) is 17.3 Å². The van der Waals surface area contributed by atoms with Gasteiger partial charge in [-0.3, -0.25) is 0 Å². The zero-order valence-electron chi connectivity index (χ0n) is 10.0. The summed E-state index contributed by atoms with van der Waals surface area (Å²) < 4.78 is 26.6. The number of sulfonamides is 1. The number of hydrogen-bond donors (Lipinski definition) is 2. The molecule has 0 aliphatic heterocycles. The van der Waals surface area contributed by atoms with Gasteiger partial charge in [0, 0.05) is 17.3 Å². The average molecular weight is 297 g/mol. The molecule has 0 fully saturated rings. The van der Waals surface area contributed by atoms with Crippen LogP contribution in [0.25, 0.3) is 0 Å². The fourth-order valence-electron chi connectivity index (χ4n) is 1.59. The van der Waals surface area contributed by atoms with Gasteiger partial charge < -0.3 is 5.73 Å². The van der Waals surface area contributed by atoms with Crippen molar-refractivity contribution in [3.63, 3.8) is 0 Å². The van der Waals surface area contributed by atoms with Gasteiger partial charge in [0.2, 0.25) is 10.0 Å². The van der Waals surface area contributed by atoms with Crippen molar-refractivity contribution in [3.8, 4) is 0 Å². The molecule has 2 aromatic carbocycles. The summed E-state index contributed by atoms with van der Waals surface area (Å²) in [5.74, 6) is 0. The predicted octanol–water partition coefficient (Wildman–Crippen LogP) is 2.40. The second kappa shape index (κ2) is 5.61. The molecule has 2 rings (SSSR count). The third-order valence-corrected chi connectivity index (χ3v) is 4.16. The lowest BCUT2D eigenvalue weighted by Gasteiger charge is -2.07. The Bertz CT molecular complexity index is 687. The highest BCUT2D eigenvalue weighted by atomic mass is 35.5. The molecule has 19 heavy (non-hydrogen) atoms. The van der Waals surface area contributed by atoms with Gasteiger partial charge in [0.25, 0.3) is 0 Å². The van der Waals surface area contributed by atoms with E-state index in [-0.39, 0.29) is 11.4 Å². The monoisotopic (exact) mass is 296 g/mol. The highest BCUT2D eigenvalue weighted by Crippen LogP contribution is 2.14. The van der Waals surface area contributed by atoms with Gasteiger partial charge in [-0.1, -0.05) is 29.8 Å². The summed E-state index contributed by atoms with van der Waals surface area (Å²) in [6.45, 7) is 0.178. The Morgan fingerprint density at radius 1 is 1.11 bits per heavy atom. The fraction of sp³-hybridized carbons (Fsp3) is 0.0769. The first-order valence-corrected chi connectivity index (χ1v) is 7.43. The Balaban J connectivity index is 2.14. The maximum Gasteiger partial charge on any atom is 0.240 e. The van der Waals surface area contributed by atoms with Gasteiger partial charge in [0.15, 0.2) is 0 Å². The number of nitrogen functional groups attached to an aromatic ring is 1. The van der Waals surface area contributed by atoms with E-state index < -0.39 is 10.0 Å². The van der Waals surface area contributed by atoms with Crippen LogP contribution in [0.5, 0.6) is 0 Å². The number of hydrogen-bond acceptors (Lipinski definition) is 3. The van der Waals surface area contributed by atoms with Crippen LogP contribution in [-0.4, -0.2) is 8.42 Å². The topological polar surface area (TPSA) is 72.2 Å². The Hall–Kier alpha value is -1.56. The largest absolute Gasteiger partial charge is 0.399 e. The molecule has 6 heteroatoms. The summed E-state index contributed by atoms with van der Waals surface area (Å²) in [6, 6.07) is 13.2. The van der Waals surface area contributed by atoms with Crippen molar-refractivity contribution in [3.05, 3.63) is 59.1 Å². The summed E-state index contributed by atoms with van der Waals surface area (Å²) >= 11 is 5.84. The molecule has 0 spiro atoms. The maximum atomic E-state index is 12.0. The molecule has 0 saturated heterocycles. The van der Waals surface area contributed by atoms with Crippen LogP contribution >= 0.6 is 11.6 Å². The zero-order chi connectivity index (χ0) is 13.9. The highest BCUT2D eigenvalue weighted by molar-refractivity contribution is 7.89. The molecular formula is C13H13ClN2O2S. The van der Waals surface area contributed by atoms with Crippen molar-refractivity contribution in [1.29, 1.82) is 0 Å². The third-order valence-electron chi connectivity index (χ3n) is 2.52. The van der Waals surface area contributed by atoms with Crippen LogP contribution in [0, 0.1) is 0 Å². The number of halogens is 1. The first-order valence-electron chi connectivity index (χ1n) is 5.57. The van der Waals surface area contributed by atoms with Gasteiger partial charge in [0.1, 0.15) is 0 Å². The van der Waals surface area contributed by atoms with Gasteiger partial charge in [-0.05, 0) is 35.9 Å². The van der Waals surface area contributed by atoms with Gasteiger partial charge in [-0.15, -0.1) is 0 Å². The lowest BCUT2D eigenvalue weighted by Crippen LogP contribution is -2.23. The van der Waals surface area contributed by atoms with Crippen molar-refractivity contribution >= 4 is 27.3 Å². The van der Waals surface area contributed by atoms with E-state index in [1.165, 1.54) is 12.1 Å². The minimum absolute atomic E-state index is 0.148. The molecule has 0 aliphatic carbocycles. The van der Waals surface area contributed by atoms with Crippen molar-refractivity contribution in [1.82, 2.24) is 4.72 Å². The Morgan fingerprint density at radius 2 is 1.84 bits per heavy atom. The summed E-state index contributed by atoms with van der Waals surface area (Å²) in [6.07, 6.45) is 0. The second-order valence-corrected chi connectivity index (χ2v) is 6.23. The Labute approximate surface area is 117 Å². The Kier molecular flexibility index (Phi) is 4.09. The zero-order valence-corrected chi connectivity index (χ0v) is 11.6. The second-order valence-electron chi connectivity index (χ2n) is 4.03. The minimum atomic E-state index is -3.57. The molecule has 4 nitrogen and oxygen atoms in total. The number of nitrogens with two attached hydrogens (primary N) is 1. The van der Waals surface area contributed by atoms with Crippen LogP contribution in [-0.2, 0) is 16.6 Å². The van der Waals surface area contributed by atoms with Gasteiger partial charge in [-0.25, -0.2) is 13.1 Å². The van der Waals surface area contributed by atoms with E-state index in [2.05, 4.69) is 4.72 Å². The molecule has 3 N–H and O–H groups in total. The van der Waals surface area contributed by atoms with E-state index >= 15 is 0 Å². The first-order chi connectivity index (χ1) is 8.97. The number of benzene rings is 2. The minimum Gasteiger partial charge on any atom is -0.399 e. The standard InChI is InChI=1S/C13H13ClN2O2S/c14-11-4-1-3-10(7-11)9-16-19(17,18)13-6-2-5-12(15)8-13/h1-8,16H,9,15H2. The van der Waals surface area contributed by atoms with Crippen LogP contribution in [0.1, 0.15) is 5.56 Å². The van der Waals surface area contributed by atoms with E-state index in [0.29, 0.717) is 10.7 Å². The SMILES string of the molecule is Nc1cccc(S(=O)(=O)NCc2cccc(Cl)c2)c1. The molecule has 0 amide bonds. The van der Waals surface area contributed by atoms with Crippen LogP contribution in [0.4, 0.5) is 5.69 Å². The average Bonchev–Trinajstić information content (AvgIpc) is 2.37. The highest BCUT2D eigenvalue weighted by Gasteiger charge is 2.13. The first kappa shape index (κ1) is 13.9. The van der Waals surface area contributed by atoms with Crippen molar-refractivity contribution in [2.75, 3.05) is 5.73 Å². The number of rotatable bonds is 4. The van der Waals surface area contributed by atoms with Crippen LogP contribution in [0.2, 0.25) is 5.02 Å². The van der Waals surface area contributed by atoms with Gasteiger partial charge in [-0.2, -0.15) is 0 Å². The fourth-order valence-corrected chi connectivity index (χ4v) is 2.88. The number of anilines is 1. The molecule has 2 aromatic rings. The molecule has 0 atom stereocenters. The molecule has 0 radical (unpaired) electrons. The Morgan fingerprint density at radius 3 is 2.53 bits per heavy atom. The third kappa shape index (κ3) is 3.70. The molecule has 0 aromatic heterocycles. The lowest BCUT2D eigenvalue weighted by atomic mass is 10.2. The van der Waals surface area contributed by atoms with Crippen LogP contribution in [0.15, 0.2) is 53.4 Å². The van der Waals surface area contributed by atoms with E-state index in [1.807, 2.05) is 0 Å². The van der Waals surface area contributed by atoms with E-state index in [1.54, 1.807) is 36.4 Å². The summed E-state index contributed by atoms with van der Waals surface area (Å²) in [5.41, 5.74) is 6.77. The molecule has 0 saturated carbocycles. The molecule has 0 heterocycles. The van der Waals surface area contributed by atoms with Crippen molar-refractivity contribution in [2.45, 2.75) is 11.4 Å². The molecule has 0 aliphatic rings. The van der Waals surface area contributed by atoms with Crippen LogP contribution < -0.4 is 10.5 Å². The van der Waals surface area contributed by atoms with E-state index in [0.717, 1.165) is 5.56 Å². The lowest BCUT2D eigenvalue weighted by molar-refractivity contribution is 0.581.